The predicted octanol–water partition coefficient (Wildman–Crippen LogP) is 5.68. The smallest absolute Gasteiger partial charge is 0.0595 e. The van der Waals surface area contributed by atoms with Gasteiger partial charge < -0.3 is 4.90 Å². The van der Waals surface area contributed by atoms with Crippen LogP contribution in [0.3, 0.4) is 0 Å². The number of benzene rings is 1. The molecule has 0 atom stereocenters. The van der Waals surface area contributed by atoms with Crippen LogP contribution in [0.5, 0.6) is 0 Å². The second-order valence-electron chi connectivity index (χ2n) is 7.13. The lowest BCUT2D eigenvalue weighted by molar-refractivity contribution is 0.0683. The highest BCUT2D eigenvalue weighted by Crippen LogP contribution is 2.40. The van der Waals surface area contributed by atoms with Crippen LogP contribution in [0.1, 0.15) is 45.1 Å². The van der Waals surface area contributed by atoms with Crippen LogP contribution in [-0.2, 0) is 6.42 Å². The third-order valence-electron chi connectivity index (χ3n) is 5.37. The van der Waals surface area contributed by atoms with Gasteiger partial charge in [0.25, 0.3) is 0 Å². The molecule has 1 nitrogen and oxygen atoms in total. The highest BCUT2D eigenvalue weighted by molar-refractivity contribution is 6.42. The molecule has 3 heteroatoms. The summed E-state index contributed by atoms with van der Waals surface area (Å²) in [4.78, 5) is 2.42. The number of nitrogens with zero attached hydrogens (tertiary/aromatic N) is 1. The Labute approximate surface area is 139 Å². The molecule has 0 radical (unpaired) electrons. The van der Waals surface area contributed by atoms with E-state index in [1.165, 1.54) is 31.2 Å². The molecule has 0 saturated heterocycles. The second-order valence-corrected chi connectivity index (χ2v) is 7.94. The minimum Gasteiger partial charge on any atom is -0.303 e. The van der Waals surface area contributed by atoms with Crippen molar-refractivity contribution in [3.63, 3.8) is 0 Å². The van der Waals surface area contributed by atoms with Crippen LogP contribution in [-0.4, -0.2) is 24.5 Å². The molecule has 1 fully saturated rings. The van der Waals surface area contributed by atoms with Crippen molar-refractivity contribution in [2.75, 3.05) is 14.1 Å². The third-order valence-corrected chi connectivity index (χ3v) is 6.11. The molecule has 0 heterocycles. The molecule has 1 aromatic carbocycles. The van der Waals surface area contributed by atoms with E-state index >= 15 is 0 Å². The fraction of sp³-hybridized carbons (Fsp3) is 0.667. The maximum atomic E-state index is 6.18. The van der Waals surface area contributed by atoms with Crippen molar-refractivity contribution in [3.05, 3.63) is 33.8 Å². The van der Waals surface area contributed by atoms with E-state index < -0.39 is 0 Å². The van der Waals surface area contributed by atoms with E-state index in [1.807, 2.05) is 12.1 Å². The Balaban J connectivity index is 2.14. The molecule has 1 saturated carbocycles. The fourth-order valence-corrected chi connectivity index (χ4v) is 3.98. The van der Waals surface area contributed by atoms with Gasteiger partial charge in [0.15, 0.2) is 0 Å². The molecule has 0 bridgehead atoms. The predicted molar refractivity (Wildman–Crippen MR) is 93.4 cm³/mol. The summed E-state index contributed by atoms with van der Waals surface area (Å²) in [5.74, 6) is 1.68. The van der Waals surface area contributed by atoms with Crippen molar-refractivity contribution in [2.24, 2.45) is 11.8 Å². The van der Waals surface area contributed by atoms with Crippen LogP contribution in [0.15, 0.2) is 18.2 Å². The van der Waals surface area contributed by atoms with E-state index in [1.54, 1.807) is 0 Å². The van der Waals surface area contributed by atoms with E-state index in [4.69, 9.17) is 23.2 Å². The highest BCUT2D eigenvalue weighted by Gasteiger charge is 2.37. The zero-order valence-electron chi connectivity index (χ0n) is 13.6. The van der Waals surface area contributed by atoms with Crippen molar-refractivity contribution in [2.45, 2.75) is 51.5 Å². The molecule has 0 aliphatic heterocycles. The van der Waals surface area contributed by atoms with Crippen LogP contribution in [0.2, 0.25) is 10.0 Å². The van der Waals surface area contributed by atoms with Crippen LogP contribution < -0.4 is 0 Å². The molecule has 0 N–H and O–H groups in total. The lowest BCUT2D eigenvalue weighted by Gasteiger charge is -2.46. The molecule has 21 heavy (non-hydrogen) atoms. The molecule has 0 spiro atoms. The maximum Gasteiger partial charge on any atom is 0.0595 e. The fourth-order valence-electron chi connectivity index (χ4n) is 3.66. The Kier molecular flexibility index (Phi) is 5.62. The van der Waals surface area contributed by atoms with Gasteiger partial charge in [0.2, 0.25) is 0 Å². The third kappa shape index (κ3) is 3.94. The summed E-state index contributed by atoms with van der Waals surface area (Å²) >= 11 is 12.2. The van der Waals surface area contributed by atoms with Gasteiger partial charge in [-0.25, -0.2) is 0 Å². The minimum absolute atomic E-state index is 0.266. The molecule has 1 aromatic rings. The van der Waals surface area contributed by atoms with Gasteiger partial charge in [0.1, 0.15) is 0 Å². The average Bonchev–Trinajstić information content (AvgIpc) is 2.43. The van der Waals surface area contributed by atoms with E-state index in [2.05, 4.69) is 38.9 Å². The first-order valence-electron chi connectivity index (χ1n) is 7.95. The van der Waals surface area contributed by atoms with Crippen molar-refractivity contribution < 1.29 is 0 Å². The average molecular weight is 328 g/mol. The van der Waals surface area contributed by atoms with Crippen LogP contribution in [0.25, 0.3) is 0 Å². The molecular weight excluding hydrogens is 301 g/mol. The SMILES string of the molecule is CC(C)C1CCC(Cc2ccc(Cl)c(Cl)c2)(N(C)C)CC1. The minimum atomic E-state index is 0.266. The largest absolute Gasteiger partial charge is 0.303 e. The number of rotatable bonds is 4. The molecule has 0 amide bonds. The Bertz CT molecular complexity index is 474. The summed E-state index contributed by atoms with van der Waals surface area (Å²) in [7, 11) is 4.43. The first-order valence-corrected chi connectivity index (χ1v) is 8.71. The van der Waals surface area contributed by atoms with Crippen molar-refractivity contribution in [1.29, 1.82) is 0 Å². The topological polar surface area (TPSA) is 3.24 Å². The van der Waals surface area contributed by atoms with Crippen LogP contribution >= 0.6 is 23.2 Å². The summed E-state index contributed by atoms with van der Waals surface area (Å²) in [5, 5.41) is 1.31. The first kappa shape index (κ1) is 17.1. The number of hydrogen-bond donors (Lipinski definition) is 0. The molecule has 1 aliphatic carbocycles. The van der Waals surface area contributed by atoms with Crippen molar-refractivity contribution >= 4 is 23.2 Å². The summed E-state index contributed by atoms with van der Waals surface area (Å²) in [6.45, 7) is 4.71. The van der Waals surface area contributed by atoms with Gasteiger partial charge in [-0.3, -0.25) is 0 Å². The van der Waals surface area contributed by atoms with E-state index in [-0.39, 0.29) is 5.54 Å². The molecule has 0 unspecified atom stereocenters. The summed E-state index contributed by atoms with van der Waals surface area (Å²) in [5.41, 5.74) is 1.56. The van der Waals surface area contributed by atoms with Gasteiger partial charge in [0.05, 0.1) is 10.0 Å². The van der Waals surface area contributed by atoms with Gasteiger partial charge in [0, 0.05) is 5.54 Å². The number of halogens is 2. The van der Waals surface area contributed by atoms with Crippen LogP contribution in [0, 0.1) is 11.8 Å². The van der Waals surface area contributed by atoms with Gasteiger partial charge >= 0.3 is 0 Å². The number of hydrogen-bond acceptors (Lipinski definition) is 1. The van der Waals surface area contributed by atoms with Gasteiger partial charge in [-0.05, 0) is 75.7 Å². The number of likely N-dealkylation sites (N-methyl/N-ethyl adjacent to an activating group) is 1. The van der Waals surface area contributed by atoms with Gasteiger partial charge in [-0.15, -0.1) is 0 Å². The zero-order valence-corrected chi connectivity index (χ0v) is 15.1. The van der Waals surface area contributed by atoms with Crippen molar-refractivity contribution in [3.8, 4) is 0 Å². The summed E-state index contributed by atoms with van der Waals surface area (Å²) < 4.78 is 0. The Hall–Kier alpha value is -0.240. The van der Waals surface area contributed by atoms with Gasteiger partial charge in [-0.1, -0.05) is 43.1 Å². The lowest BCUT2D eigenvalue weighted by atomic mass is 9.70. The van der Waals surface area contributed by atoms with E-state index in [0.717, 1.165) is 18.3 Å². The highest BCUT2D eigenvalue weighted by atomic mass is 35.5. The normalized spacial score (nSPS) is 26.6. The Morgan fingerprint density at radius 1 is 1.14 bits per heavy atom. The van der Waals surface area contributed by atoms with E-state index in [9.17, 15) is 0 Å². The van der Waals surface area contributed by atoms with Crippen molar-refractivity contribution in [1.82, 2.24) is 4.90 Å². The molecule has 1 aliphatic rings. The quantitative estimate of drug-likeness (QED) is 0.687. The monoisotopic (exact) mass is 327 g/mol. The standard InChI is InChI=1S/C18H27Cl2N/c1-13(2)15-7-9-18(10-8-15,21(3)4)12-14-5-6-16(19)17(20)11-14/h5-6,11,13,15H,7-10,12H2,1-4H3. The maximum absolute atomic E-state index is 6.18. The van der Waals surface area contributed by atoms with E-state index in [0.29, 0.717) is 10.0 Å². The molecule has 0 aromatic heterocycles. The Morgan fingerprint density at radius 3 is 2.24 bits per heavy atom. The zero-order chi connectivity index (χ0) is 15.6. The first-order chi connectivity index (χ1) is 9.84. The van der Waals surface area contributed by atoms with Crippen LogP contribution in [0.4, 0.5) is 0 Å². The molecule has 2 rings (SSSR count). The molecular formula is C18H27Cl2N. The Morgan fingerprint density at radius 2 is 1.76 bits per heavy atom. The lowest BCUT2D eigenvalue weighted by Crippen LogP contribution is -2.49. The van der Waals surface area contributed by atoms with Gasteiger partial charge in [-0.2, -0.15) is 0 Å². The summed E-state index contributed by atoms with van der Waals surface area (Å²) in [6.07, 6.45) is 6.25. The second kappa shape index (κ2) is 6.89. The summed E-state index contributed by atoms with van der Waals surface area (Å²) in [6, 6.07) is 6.07. The molecule has 118 valence electrons.